The molecule has 2 aromatic carbocycles. The Hall–Kier alpha value is -2.83. The van der Waals surface area contributed by atoms with Crippen LogP contribution in [-0.2, 0) is 31.3 Å². The van der Waals surface area contributed by atoms with Gasteiger partial charge >= 0.3 is 0 Å². The van der Waals surface area contributed by atoms with Crippen LogP contribution in [-0.4, -0.2) is 55.9 Å². The van der Waals surface area contributed by atoms with Crippen LogP contribution in [0.2, 0.25) is 0 Å². The average Bonchev–Trinajstić information content (AvgIpc) is 3.06. The van der Waals surface area contributed by atoms with Crippen LogP contribution in [0.25, 0.3) is 0 Å². The predicted molar refractivity (Wildman–Crippen MR) is 122 cm³/mol. The first-order valence-electron chi connectivity index (χ1n) is 10.2. The molecule has 0 unspecified atom stereocenters. The summed E-state index contributed by atoms with van der Waals surface area (Å²) in [5.74, 6) is 0.227. The van der Waals surface area contributed by atoms with Gasteiger partial charge in [-0.05, 0) is 49.2 Å². The van der Waals surface area contributed by atoms with Gasteiger partial charge in [-0.15, -0.1) is 0 Å². The van der Waals surface area contributed by atoms with E-state index >= 15 is 0 Å². The molecule has 1 heterocycles. The molecule has 1 saturated heterocycles. The largest absolute Gasteiger partial charge is 0.493 e. The molecule has 0 bridgehead atoms. The highest BCUT2D eigenvalue weighted by Crippen LogP contribution is 2.33. The number of carbonyl (C=O) groups excluding carboxylic acids is 1. The molecule has 1 fully saturated rings. The van der Waals surface area contributed by atoms with Crippen LogP contribution in [0.3, 0.4) is 0 Å². The number of nitrogens with zero attached hydrogens (tertiary/aromatic N) is 1. The number of hydrogen-bond donors (Lipinski definition) is 1. The second kappa shape index (κ2) is 9.98. The lowest BCUT2D eigenvalue weighted by Crippen LogP contribution is -2.30. The Kier molecular flexibility index (Phi) is 7.50. The fraction of sp³-hybridized carbons (Fsp3) is 0.381. The monoisotopic (exact) mass is 498 g/mol. The molecule has 0 radical (unpaired) electrons. The van der Waals surface area contributed by atoms with Crippen molar-refractivity contribution >= 4 is 31.6 Å². The van der Waals surface area contributed by atoms with Gasteiger partial charge in [0.05, 0.1) is 32.3 Å². The van der Waals surface area contributed by atoms with E-state index in [0.29, 0.717) is 22.2 Å². The molecule has 33 heavy (non-hydrogen) atoms. The third kappa shape index (κ3) is 5.40. The van der Waals surface area contributed by atoms with Gasteiger partial charge in [-0.25, -0.2) is 25.9 Å². The zero-order valence-corrected chi connectivity index (χ0v) is 20.2. The number of carbonyl (C=O) groups is 1. The Bertz CT molecular complexity index is 1240. The van der Waals surface area contributed by atoms with Gasteiger partial charge in [0, 0.05) is 13.0 Å². The summed E-state index contributed by atoms with van der Waals surface area (Å²) >= 11 is 0. The second-order valence-electron chi connectivity index (χ2n) is 7.13. The summed E-state index contributed by atoms with van der Waals surface area (Å²) in [6, 6.07) is 9.13. The number of amides is 1. The van der Waals surface area contributed by atoms with Crippen LogP contribution in [0.4, 0.5) is 5.69 Å². The van der Waals surface area contributed by atoms with Gasteiger partial charge < -0.3 is 14.2 Å². The van der Waals surface area contributed by atoms with Gasteiger partial charge in [-0.2, -0.15) is 0 Å². The molecule has 10 nitrogen and oxygen atoms in total. The van der Waals surface area contributed by atoms with E-state index in [-0.39, 0.29) is 41.7 Å². The van der Waals surface area contributed by atoms with Gasteiger partial charge in [0.25, 0.3) is 0 Å². The van der Waals surface area contributed by atoms with Crippen LogP contribution in [0.5, 0.6) is 17.2 Å². The Balaban J connectivity index is 1.85. The molecule has 2 aromatic rings. The summed E-state index contributed by atoms with van der Waals surface area (Å²) in [7, 11) is -4.88. The zero-order chi connectivity index (χ0) is 24.2. The van der Waals surface area contributed by atoms with Gasteiger partial charge in [0.2, 0.25) is 26.0 Å². The van der Waals surface area contributed by atoms with E-state index in [9.17, 15) is 21.6 Å². The van der Waals surface area contributed by atoms with Gasteiger partial charge in [-0.1, -0.05) is 6.07 Å². The molecule has 3 rings (SSSR count). The van der Waals surface area contributed by atoms with E-state index in [0.717, 1.165) is 11.6 Å². The van der Waals surface area contributed by atoms with Crippen molar-refractivity contribution in [2.75, 3.05) is 37.4 Å². The number of sulfonamides is 2. The predicted octanol–water partition coefficient (Wildman–Crippen LogP) is 1.69. The first-order valence-corrected chi connectivity index (χ1v) is 13.3. The van der Waals surface area contributed by atoms with Crippen molar-refractivity contribution in [2.45, 2.75) is 24.7 Å². The summed E-state index contributed by atoms with van der Waals surface area (Å²) in [5, 5.41) is 0. The van der Waals surface area contributed by atoms with Gasteiger partial charge in [-0.3, -0.25) is 4.79 Å². The number of anilines is 1. The minimum absolute atomic E-state index is 0.0405. The van der Waals surface area contributed by atoms with Crippen molar-refractivity contribution in [3.05, 3.63) is 42.0 Å². The van der Waals surface area contributed by atoms with Crippen molar-refractivity contribution in [1.29, 1.82) is 0 Å². The Labute approximate surface area is 193 Å². The first-order chi connectivity index (χ1) is 15.6. The maximum absolute atomic E-state index is 13.1. The quantitative estimate of drug-likeness (QED) is 0.524. The molecular formula is C21H26N2O8S2. The van der Waals surface area contributed by atoms with E-state index < -0.39 is 26.0 Å². The minimum Gasteiger partial charge on any atom is -0.493 e. The smallest absolute Gasteiger partial charge is 0.244 e. The molecule has 0 atom stereocenters. The molecular weight excluding hydrogens is 472 g/mol. The highest BCUT2D eigenvalue weighted by atomic mass is 32.2. The molecule has 1 N–H and O–H groups in total. The lowest BCUT2D eigenvalue weighted by molar-refractivity contribution is -0.116. The molecule has 0 saturated carbocycles. The van der Waals surface area contributed by atoms with E-state index in [1.807, 2.05) is 0 Å². The number of hydrogen-bond acceptors (Lipinski definition) is 8. The van der Waals surface area contributed by atoms with E-state index in [4.69, 9.17) is 14.2 Å². The fourth-order valence-corrected chi connectivity index (χ4v) is 6.07. The van der Waals surface area contributed by atoms with Crippen molar-refractivity contribution in [3.63, 3.8) is 0 Å². The third-order valence-electron chi connectivity index (χ3n) is 4.98. The van der Waals surface area contributed by atoms with Crippen molar-refractivity contribution in [1.82, 2.24) is 4.72 Å². The standard InChI is InChI=1S/C21H26N2O8S2/c1-4-31-18-8-6-16(23-21(24)10-12-32(23,25)26)14-20(18)33(27,28)22-11-9-15-5-7-17(29-2)19(13-15)30-3/h5-8,13-14,22H,4,9-12H2,1-3H3. The SMILES string of the molecule is CCOc1ccc(N2C(=O)CCS2(=O)=O)cc1S(=O)(=O)NCCc1ccc(OC)c(OC)c1. The Morgan fingerprint density at radius 3 is 2.33 bits per heavy atom. The zero-order valence-electron chi connectivity index (χ0n) is 18.5. The van der Waals surface area contributed by atoms with Crippen molar-refractivity contribution in [2.24, 2.45) is 0 Å². The summed E-state index contributed by atoms with van der Waals surface area (Å²) in [4.78, 5) is 11.9. The minimum atomic E-state index is -4.08. The number of methoxy groups -OCH3 is 2. The Morgan fingerprint density at radius 1 is 1.03 bits per heavy atom. The average molecular weight is 499 g/mol. The molecule has 1 amide bonds. The molecule has 0 spiro atoms. The number of benzene rings is 2. The van der Waals surface area contributed by atoms with Crippen molar-refractivity contribution < 1.29 is 35.8 Å². The second-order valence-corrected chi connectivity index (χ2v) is 10.8. The lowest BCUT2D eigenvalue weighted by Gasteiger charge is -2.18. The molecule has 12 heteroatoms. The topological polar surface area (TPSA) is 128 Å². The maximum atomic E-state index is 13.1. The van der Waals surface area contributed by atoms with Crippen LogP contribution in [0, 0.1) is 0 Å². The Morgan fingerprint density at radius 2 is 1.73 bits per heavy atom. The van der Waals surface area contributed by atoms with Crippen molar-refractivity contribution in [3.8, 4) is 17.2 Å². The highest BCUT2D eigenvalue weighted by molar-refractivity contribution is 7.94. The highest BCUT2D eigenvalue weighted by Gasteiger charge is 2.37. The van der Waals surface area contributed by atoms with Gasteiger partial charge in [0.1, 0.15) is 10.6 Å². The van der Waals surface area contributed by atoms with Crippen LogP contribution < -0.4 is 23.2 Å². The number of ether oxygens (including phenoxy) is 3. The molecule has 180 valence electrons. The molecule has 1 aliphatic heterocycles. The van der Waals surface area contributed by atoms with E-state index in [1.165, 1.54) is 26.4 Å². The maximum Gasteiger partial charge on any atom is 0.244 e. The normalized spacial score (nSPS) is 15.5. The molecule has 1 aliphatic rings. The van der Waals surface area contributed by atoms with E-state index in [2.05, 4.69) is 4.72 Å². The summed E-state index contributed by atoms with van der Waals surface area (Å²) in [6.45, 7) is 1.96. The van der Waals surface area contributed by atoms with E-state index in [1.54, 1.807) is 25.1 Å². The first kappa shape index (κ1) is 24.8. The molecule has 0 aromatic heterocycles. The van der Waals surface area contributed by atoms with Crippen LogP contribution >= 0.6 is 0 Å². The van der Waals surface area contributed by atoms with Crippen LogP contribution in [0.15, 0.2) is 41.3 Å². The molecule has 0 aliphatic carbocycles. The number of nitrogens with one attached hydrogen (secondary N) is 1. The van der Waals surface area contributed by atoms with Crippen LogP contribution in [0.1, 0.15) is 18.9 Å². The lowest BCUT2D eigenvalue weighted by atomic mass is 10.1. The third-order valence-corrected chi connectivity index (χ3v) is 8.16. The van der Waals surface area contributed by atoms with Gasteiger partial charge in [0.15, 0.2) is 11.5 Å². The summed E-state index contributed by atoms with van der Waals surface area (Å²) in [6.07, 6.45) is 0.212. The summed E-state index contributed by atoms with van der Waals surface area (Å²) in [5.41, 5.74) is 0.782. The summed E-state index contributed by atoms with van der Waals surface area (Å²) < 4.78 is 69.7. The fourth-order valence-electron chi connectivity index (χ4n) is 3.42. The number of rotatable bonds is 10.